The van der Waals surface area contributed by atoms with Crippen LogP contribution in [0.5, 0.6) is 0 Å². The second kappa shape index (κ2) is 6.57. The van der Waals surface area contributed by atoms with Gasteiger partial charge in [-0.1, -0.05) is 13.3 Å². The average Bonchev–Trinajstić information content (AvgIpc) is 2.16. The molecule has 1 heterocycles. The monoisotopic (exact) mass is 249 g/mol. The average molecular weight is 249 g/mol. The van der Waals surface area contributed by atoms with E-state index in [2.05, 4.69) is 12.2 Å². The van der Waals surface area contributed by atoms with Crippen molar-refractivity contribution in [2.75, 3.05) is 25.2 Å². The summed E-state index contributed by atoms with van der Waals surface area (Å²) in [5, 5.41) is 3.41. The normalized spacial score (nSPS) is 26.5. The number of hydrogen-bond donors (Lipinski definition) is 1. The molecule has 16 heavy (non-hydrogen) atoms. The molecule has 0 aromatic rings. The van der Waals surface area contributed by atoms with Crippen molar-refractivity contribution in [3.63, 3.8) is 0 Å². The van der Waals surface area contributed by atoms with Gasteiger partial charge in [-0.05, 0) is 19.3 Å². The molecule has 5 heteroatoms. The second-order valence-corrected chi connectivity index (χ2v) is 6.79. The number of methoxy groups -OCH3 is 1. The van der Waals surface area contributed by atoms with Crippen LogP contribution in [0, 0.1) is 0 Å². The highest BCUT2D eigenvalue weighted by Gasteiger charge is 2.26. The third-order valence-electron chi connectivity index (χ3n) is 2.94. The highest BCUT2D eigenvalue weighted by molar-refractivity contribution is 7.91. The number of rotatable bonds is 6. The highest BCUT2D eigenvalue weighted by atomic mass is 32.2. The Bertz CT molecular complexity index is 284. The van der Waals surface area contributed by atoms with E-state index < -0.39 is 9.84 Å². The molecule has 0 saturated carbocycles. The van der Waals surface area contributed by atoms with Crippen molar-refractivity contribution in [3.8, 4) is 0 Å². The van der Waals surface area contributed by atoms with Crippen LogP contribution in [0.3, 0.4) is 0 Å². The van der Waals surface area contributed by atoms with Crippen LogP contribution in [0.25, 0.3) is 0 Å². The van der Waals surface area contributed by atoms with Gasteiger partial charge in [0.1, 0.15) is 0 Å². The molecule has 1 aliphatic heterocycles. The lowest BCUT2D eigenvalue weighted by atomic mass is 10.1. The van der Waals surface area contributed by atoms with Gasteiger partial charge in [0, 0.05) is 19.2 Å². The fourth-order valence-corrected chi connectivity index (χ4v) is 3.90. The largest absolute Gasteiger partial charge is 0.383 e. The fourth-order valence-electron chi connectivity index (χ4n) is 2.25. The van der Waals surface area contributed by atoms with Crippen LogP contribution >= 0.6 is 0 Å². The summed E-state index contributed by atoms with van der Waals surface area (Å²) in [6.45, 7) is 2.78. The Kier molecular flexibility index (Phi) is 5.72. The number of sulfone groups is 1. The lowest BCUT2D eigenvalue weighted by Gasteiger charge is -2.28. The zero-order chi connectivity index (χ0) is 12.0. The van der Waals surface area contributed by atoms with Crippen molar-refractivity contribution in [2.24, 2.45) is 0 Å². The summed E-state index contributed by atoms with van der Waals surface area (Å²) in [4.78, 5) is 0. The maximum absolute atomic E-state index is 11.5. The topological polar surface area (TPSA) is 55.4 Å². The van der Waals surface area contributed by atoms with Crippen molar-refractivity contribution in [1.82, 2.24) is 5.32 Å². The Morgan fingerprint density at radius 1 is 1.50 bits per heavy atom. The quantitative estimate of drug-likeness (QED) is 0.762. The van der Waals surface area contributed by atoms with Gasteiger partial charge in [-0.3, -0.25) is 0 Å². The first kappa shape index (κ1) is 13.9. The SMILES string of the molecule is CCCC(COC)NC1CCCS(=O)(=O)C1. The van der Waals surface area contributed by atoms with Crippen LogP contribution in [0.1, 0.15) is 32.6 Å². The van der Waals surface area contributed by atoms with Gasteiger partial charge in [-0.25, -0.2) is 8.42 Å². The van der Waals surface area contributed by atoms with Crippen LogP contribution in [0.15, 0.2) is 0 Å². The summed E-state index contributed by atoms with van der Waals surface area (Å²) in [5.74, 6) is 0.644. The fraction of sp³-hybridized carbons (Fsp3) is 1.00. The standard InChI is InChI=1S/C11H23NO3S/c1-3-5-10(8-15-2)12-11-6-4-7-16(13,14)9-11/h10-12H,3-9H2,1-2H3. The Morgan fingerprint density at radius 3 is 2.81 bits per heavy atom. The number of nitrogens with one attached hydrogen (secondary N) is 1. The summed E-state index contributed by atoms with van der Waals surface area (Å²) >= 11 is 0. The van der Waals surface area contributed by atoms with Crippen molar-refractivity contribution in [2.45, 2.75) is 44.7 Å². The Hall–Kier alpha value is -0.130. The highest BCUT2D eigenvalue weighted by Crippen LogP contribution is 2.13. The predicted molar refractivity (Wildman–Crippen MR) is 65.4 cm³/mol. The van der Waals surface area contributed by atoms with Crippen LogP contribution in [-0.4, -0.2) is 45.7 Å². The zero-order valence-electron chi connectivity index (χ0n) is 10.2. The molecular formula is C11H23NO3S. The molecule has 2 unspecified atom stereocenters. The summed E-state index contributed by atoms with van der Waals surface area (Å²) in [6, 6.07) is 0.402. The lowest BCUT2D eigenvalue weighted by molar-refractivity contribution is 0.156. The van der Waals surface area contributed by atoms with Gasteiger partial charge < -0.3 is 10.1 Å². The first-order valence-electron chi connectivity index (χ1n) is 6.03. The van der Waals surface area contributed by atoms with Gasteiger partial charge in [-0.15, -0.1) is 0 Å². The molecule has 0 radical (unpaired) electrons. The molecule has 2 atom stereocenters. The van der Waals surface area contributed by atoms with E-state index in [4.69, 9.17) is 4.74 Å². The molecule has 1 fully saturated rings. The molecule has 0 aromatic carbocycles. The van der Waals surface area contributed by atoms with Crippen molar-refractivity contribution < 1.29 is 13.2 Å². The van der Waals surface area contributed by atoms with E-state index >= 15 is 0 Å². The zero-order valence-corrected chi connectivity index (χ0v) is 11.1. The third-order valence-corrected chi connectivity index (χ3v) is 4.76. The molecule has 0 bridgehead atoms. The van der Waals surface area contributed by atoms with E-state index in [9.17, 15) is 8.42 Å². The molecule has 1 saturated heterocycles. The van der Waals surface area contributed by atoms with Gasteiger partial charge in [0.05, 0.1) is 18.1 Å². The van der Waals surface area contributed by atoms with Gasteiger partial charge in [0.25, 0.3) is 0 Å². The molecule has 0 aliphatic carbocycles. The number of hydrogen-bond acceptors (Lipinski definition) is 4. The molecule has 0 aromatic heterocycles. The minimum atomic E-state index is -2.81. The summed E-state index contributed by atoms with van der Waals surface area (Å²) in [7, 11) is -1.13. The molecule has 0 spiro atoms. The molecule has 1 N–H and O–H groups in total. The molecule has 4 nitrogen and oxygen atoms in total. The van der Waals surface area contributed by atoms with Gasteiger partial charge in [-0.2, -0.15) is 0 Å². The molecule has 96 valence electrons. The number of ether oxygens (including phenoxy) is 1. The van der Waals surface area contributed by atoms with E-state index in [-0.39, 0.29) is 17.8 Å². The Morgan fingerprint density at radius 2 is 2.25 bits per heavy atom. The van der Waals surface area contributed by atoms with Gasteiger partial charge in [0.2, 0.25) is 0 Å². The summed E-state index contributed by atoms with van der Waals surface area (Å²) < 4.78 is 28.1. The van der Waals surface area contributed by atoms with Crippen molar-refractivity contribution >= 4 is 9.84 Å². The minimum Gasteiger partial charge on any atom is -0.383 e. The molecule has 1 aliphatic rings. The van der Waals surface area contributed by atoms with Crippen LogP contribution in [-0.2, 0) is 14.6 Å². The Balaban J connectivity index is 2.44. The predicted octanol–water partition coefficient (Wildman–Crippen LogP) is 0.968. The van der Waals surface area contributed by atoms with Crippen molar-refractivity contribution in [1.29, 1.82) is 0 Å². The molecule has 1 rings (SSSR count). The van der Waals surface area contributed by atoms with E-state index in [1.807, 2.05) is 0 Å². The summed E-state index contributed by atoms with van der Waals surface area (Å²) in [5.41, 5.74) is 0. The maximum Gasteiger partial charge on any atom is 0.151 e. The first-order valence-corrected chi connectivity index (χ1v) is 7.85. The third kappa shape index (κ3) is 4.80. The second-order valence-electron chi connectivity index (χ2n) is 4.56. The minimum absolute atomic E-state index is 0.116. The maximum atomic E-state index is 11.5. The van der Waals surface area contributed by atoms with Crippen LogP contribution < -0.4 is 5.32 Å². The van der Waals surface area contributed by atoms with E-state index in [1.165, 1.54) is 0 Å². The molecule has 0 amide bonds. The Labute approximate surface area is 98.7 Å². The van der Waals surface area contributed by atoms with E-state index in [1.54, 1.807) is 7.11 Å². The smallest absolute Gasteiger partial charge is 0.151 e. The van der Waals surface area contributed by atoms with Gasteiger partial charge >= 0.3 is 0 Å². The van der Waals surface area contributed by atoms with Crippen LogP contribution in [0.4, 0.5) is 0 Å². The lowest BCUT2D eigenvalue weighted by Crippen LogP contribution is -2.46. The van der Waals surface area contributed by atoms with Crippen LogP contribution in [0.2, 0.25) is 0 Å². The summed E-state index contributed by atoms with van der Waals surface area (Å²) in [6.07, 6.45) is 3.86. The van der Waals surface area contributed by atoms with E-state index in [0.717, 1.165) is 25.7 Å². The van der Waals surface area contributed by atoms with Crippen molar-refractivity contribution in [3.05, 3.63) is 0 Å². The first-order chi connectivity index (χ1) is 7.57. The van der Waals surface area contributed by atoms with Gasteiger partial charge in [0.15, 0.2) is 9.84 Å². The van der Waals surface area contributed by atoms with E-state index in [0.29, 0.717) is 12.4 Å². The molecular weight excluding hydrogens is 226 g/mol.